The second-order valence-corrected chi connectivity index (χ2v) is 7.81. The number of hydrogen-bond donors (Lipinski definition) is 2. The Morgan fingerprint density at radius 3 is 2.60 bits per heavy atom. The van der Waals surface area contributed by atoms with Gasteiger partial charge in [-0.25, -0.2) is 4.79 Å². The van der Waals surface area contributed by atoms with Gasteiger partial charge in [-0.3, -0.25) is 20.2 Å². The highest BCUT2D eigenvalue weighted by Gasteiger charge is 2.42. The summed E-state index contributed by atoms with van der Waals surface area (Å²) in [6, 6.07) is 5.45. The average molecular weight is 436 g/mol. The third-order valence-electron chi connectivity index (χ3n) is 4.34. The van der Waals surface area contributed by atoms with Crippen LogP contribution in [0.5, 0.6) is 0 Å². The fraction of sp³-hybridized carbons (Fsp3) is 0.421. The van der Waals surface area contributed by atoms with Crippen LogP contribution in [0.25, 0.3) is 0 Å². The summed E-state index contributed by atoms with van der Waals surface area (Å²) in [5.74, 6) is -0.840. The number of dihydropyridines is 1. The smallest absolute Gasteiger partial charge is 0.337 e. The van der Waals surface area contributed by atoms with Crippen molar-refractivity contribution in [1.29, 1.82) is 0 Å². The van der Waals surface area contributed by atoms with Gasteiger partial charge in [-0.1, -0.05) is 12.1 Å². The van der Waals surface area contributed by atoms with Crippen molar-refractivity contribution < 1.29 is 19.4 Å². The van der Waals surface area contributed by atoms with E-state index in [9.17, 15) is 25.0 Å². The number of rotatable bonds is 9. The first-order chi connectivity index (χ1) is 14.2. The van der Waals surface area contributed by atoms with Crippen molar-refractivity contribution in [3.8, 4) is 0 Å². The predicted octanol–water partition coefficient (Wildman–Crippen LogP) is 2.69. The molecule has 1 aliphatic rings. The Bertz CT molecular complexity index is 912. The van der Waals surface area contributed by atoms with E-state index < -0.39 is 21.7 Å². The third-order valence-corrected chi connectivity index (χ3v) is 5.60. The molecule has 1 heterocycles. The first-order valence-electron chi connectivity index (χ1n) is 9.27. The van der Waals surface area contributed by atoms with E-state index in [1.165, 1.54) is 36.0 Å². The summed E-state index contributed by atoms with van der Waals surface area (Å²) in [7, 11) is 0. The van der Waals surface area contributed by atoms with Crippen molar-refractivity contribution in [2.75, 3.05) is 18.1 Å². The fourth-order valence-corrected chi connectivity index (χ4v) is 4.10. The molecule has 162 valence electrons. The third kappa shape index (κ3) is 5.36. The minimum Gasteiger partial charge on any atom is -0.463 e. The lowest BCUT2D eigenvalue weighted by atomic mass is 9.84. The topological polar surface area (TPSA) is 151 Å². The molecule has 1 aliphatic heterocycles. The van der Waals surface area contributed by atoms with Crippen LogP contribution in [0.15, 0.2) is 46.9 Å². The van der Waals surface area contributed by atoms with Crippen LogP contribution in [-0.2, 0) is 9.53 Å². The molecule has 0 radical (unpaired) electrons. The largest absolute Gasteiger partial charge is 0.463 e. The lowest BCUT2D eigenvalue weighted by molar-refractivity contribution is -0.431. The maximum atomic E-state index is 12.8. The highest BCUT2D eigenvalue weighted by Crippen LogP contribution is 2.40. The Labute approximate surface area is 177 Å². The number of allylic oxidation sites excluding steroid dienone is 2. The van der Waals surface area contributed by atoms with Gasteiger partial charge in [0.15, 0.2) is 0 Å². The second kappa shape index (κ2) is 10.2. The Balaban J connectivity index is 2.66. The minimum atomic E-state index is -1.11. The maximum Gasteiger partial charge on any atom is 0.337 e. The second-order valence-electron chi connectivity index (χ2n) is 6.78. The van der Waals surface area contributed by atoms with Gasteiger partial charge in [-0.15, -0.1) is 0 Å². The molecule has 30 heavy (non-hydrogen) atoms. The van der Waals surface area contributed by atoms with Gasteiger partial charge >= 0.3 is 5.97 Å². The van der Waals surface area contributed by atoms with Crippen LogP contribution < -0.4 is 11.1 Å². The van der Waals surface area contributed by atoms with Crippen LogP contribution in [0.1, 0.15) is 32.3 Å². The molecule has 0 spiro atoms. The van der Waals surface area contributed by atoms with Crippen molar-refractivity contribution in [3.05, 3.63) is 72.7 Å². The summed E-state index contributed by atoms with van der Waals surface area (Å²) in [5, 5.41) is 26.1. The molecule has 2 atom stereocenters. The van der Waals surface area contributed by atoms with E-state index >= 15 is 0 Å². The molecule has 0 amide bonds. The number of carbonyl (C=O) groups is 1. The molecule has 0 fully saturated rings. The normalized spacial score (nSPS) is 17.4. The first kappa shape index (κ1) is 23.4. The molecule has 2 unspecified atom stereocenters. The summed E-state index contributed by atoms with van der Waals surface area (Å²) >= 11 is 1.47. The molecule has 0 aliphatic carbocycles. The first-order valence-corrected chi connectivity index (χ1v) is 10.4. The highest BCUT2D eigenvalue weighted by molar-refractivity contribution is 7.99. The molecular formula is C19H24N4O6S. The Hall–Kier alpha value is -2.92. The maximum absolute atomic E-state index is 12.8. The Morgan fingerprint density at radius 1 is 1.33 bits per heavy atom. The predicted molar refractivity (Wildman–Crippen MR) is 113 cm³/mol. The van der Waals surface area contributed by atoms with Crippen LogP contribution in [-0.4, -0.2) is 40.0 Å². The molecule has 2 rings (SSSR count). The molecule has 0 bridgehead atoms. The van der Waals surface area contributed by atoms with Crippen molar-refractivity contribution in [2.24, 2.45) is 5.73 Å². The zero-order chi connectivity index (χ0) is 22.4. The number of non-ortho nitro benzene ring substituents is 1. The standard InChI is InChI=1S/C19H24N4O6S/c1-4-29-19(24)17-15(10-30-9-11(2)20)21-12(3)18(23(27)28)16(17)13-6-5-7-14(8-13)22(25)26/h5-8,11,16,21H,4,9-10,20H2,1-3H3. The number of nitrogens with zero attached hydrogens (tertiary/aromatic N) is 2. The number of nitrogens with two attached hydrogens (primary N) is 1. The number of benzene rings is 1. The molecule has 0 saturated carbocycles. The van der Waals surface area contributed by atoms with E-state index in [0.717, 1.165) is 0 Å². The summed E-state index contributed by atoms with van der Waals surface area (Å²) < 4.78 is 5.18. The van der Waals surface area contributed by atoms with E-state index in [4.69, 9.17) is 10.5 Å². The molecule has 3 N–H and O–H groups in total. The summed E-state index contributed by atoms with van der Waals surface area (Å²) in [6.07, 6.45) is 0. The van der Waals surface area contributed by atoms with E-state index in [-0.39, 0.29) is 40.9 Å². The Morgan fingerprint density at radius 2 is 2.03 bits per heavy atom. The van der Waals surface area contributed by atoms with Gasteiger partial charge in [0.05, 0.1) is 27.7 Å². The molecule has 1 aromatic rings. The summed E-state index contributed by atoms with van der Waals surface area (Å²) in [6.45, 7) is 5.11. The number of carbonyl (C=O) groups excluding carboxylic acids is 1. The molecular weight excluding hydrogens is 412 g/mol. The fourth-order valence-electron chi connectivity index (χ4n) is 3.18. The van der Waals surface area contributed by atoms with Gasteiger partial charge in [0.2, 0.25) is 0 Å². The van der Waals surface area contributed by atoms with Crippen LogP contribution in [0.3, 0.4) is 0 Å². The van der Waals surface area contributed by atoms with Gasteiger partial charge < -0.3 is 15.8 Å². The van der Waals surface area contributed by atoms with Crippen LogP contribution >= 0.6 is 11.8 Å². The quantitative estimate of drug-likeness (QED) is 0.338. The summed E-state index contributed by atoms with van der Waals surface area (Å²) in [4.78, 5) is 34.8. The van der Waals surface area contributed by atoms with Crippen molar-refractivity contribution in [1.82, 2.24) is 5.32 Å². The monoisotopic (exact) mass is 436 g/mol. The van der Waals surface area contributed by atoms with Crippen molar-refractivity contribution in [3.63, 3.8) is 0 Å². The van der Waals surface area contributed by atoms with E-state index in [1.807, 2.05) is 6.92 Å². The highest BCUT2D eigenvalue weighted by atomic mass is 32.2. The number of esters is 1. The van der Waals surface area contributed by atoms with E-state index in [0.29, 0.717) is 17.2 Å². The number of nitro benzene ring substituents is 1. The van der Waals surface area contributed by atoms with Crippen molar-refractivity contribution >= 4 is 23.4 Å². The number of nitrogens with one attached hydrogen (secondary N) is 1. The molecule has 11 heteroatoms. The molecule has 1 aromatic carbocycles. The van der Waals surface area contributed by atoms with Gasteiger partial charge in [0.25, 0.3) is 11.4 Å². The van der Waals surface area contributed by atoms with Crippen LogP contribution in [0, 0.1) is 20.2 Å². The van der Waals surface area contributed by atoms with Gasteiger partial charge in [-0.2, -0.15) is 11.8 Å². The van der Waals surface area contributed by atoms with Crippen molar-refractivity contribution in [2.45, 2.75) is 32.7 Å². The van der Waals surface area contributed by atoms with Gasteiger partial charge in [0.1, 0.15) is 5.92 Å². The van der Waals surface area contributed by atoms with Crippen LogP contribution in [0.2, 0.25) is 0 Å². The molecule has 10 nitrogen and oxygen atoms in total. The van der Waals surface area contributed by atoms with E-state index in [2.05, 4.69) is 5.32 Å². The molecule has 0 saturated heterocycles. The van der Waals surface area contributed by atoms with Crippen LogP contribution in [0.4, 0.5) is 5.69 Å². The number of nitro groups is 2. The number of thioether (sulfide) groups is 1. The van der Waals surface area contributed by atoms with Gasteiger partial charge in [-0.05, 0) is 26.3 Å². The lowest BCUT2D eigenvalue weighted by Crippen LogP contribution is -2.33. The minimum absolute atomic E-state index is 0.0659. The average Bonchev–Trinajstić information content (AvgIpc) is 2.67. The summed E-state index contributed by atoms with van der Waals surface area (Å²) in [5.41, 5.74) is 6.41. The lowest BCUT2D eigenvalue weighted by Gasteiger charge is -2.28. The van der Waals surface area contributed by atoms with E-state index in [1.54, 1.807) is 13.8 Å². The SMILES string of the molecule is CCOC(=O)C1=C(CSCC(C)N)NC(C)=C([N+](=O)[O-])C1c1cccc([N+](=O)[O-])c1. The zero-order valence-corrected chi connectivity index (χ0v) is 17.7. The molecule has 0 aromatic heterocycles. The Kier molecular flexibility index (Phi) is 7.95. The zero-order valence-electron chi connectivity index (χ0n) is 16.9. The van der Waals surface area contributed by atoms with Gasteiger partial charge in [0, 0.05) is 35.4 Å². The number of hydrogen-bond acceptors (Lipinski definition) is 9. The number of ether oxygens (including phenoxy) is 1.